The molecule has 0 saturated heterocycles. The van der Waals surface area contributed by atoms with Crippen LogP contribution in [0.25, 0.3) is 0 Å². The average molecular weight is 228 g/mol. The SMILES string of the molecule is CCCCCNCCN(C)C(C)C(C)(C)C. The van der Waals surface area contributed by atoms with E-state index in [2.05, 4.69) is 51.9 Å². The Morgan fingerprint density at radius 1 is 1.12 bits per heavy atom. The molecule has 0 aromatic heterocycles. The Morgan fingerprint density at radius 3 is 2.25 bits per heavy atom. The lowest BCUT2D eigenvalue weighted by atomic mass is 9.87. The lowest BCUT2D eigenvalue weighted by molar-refractivity contribution is 0.142. The second-order valence-corrected chi connectivity index (χ2v) is 5.98. The second kappa shape index (κ2) is 8.08. The largest absolute Gasteiger partial charge is 0.315 e. The topological polar surface area (TPSA) is 15.3 Å². The number of nitrogens with zero attached hydrogens (tertiary/aromatic N) is 1. The average Bonchev–Trinajstić information content (AvgIpc) is 2.20. The van der Waals surface area contributed by atoms with Gasteiger partial charge in [-0.3, -0.25) is 0 Å². The van der Waals surface area contributed by atoms with E-state index < -0.39 is 0 Å². The highest BCUT2D eigenvalue weighted by Gasteiger charge is 2.23. The molecule has 2 nitrogen and oxygen atoms in total. The van der Waals surface area contributed by atoms with Crippen LogP contribution >= 0.6 is 0 Å². The highest BCUT2D eigenvalue weighted by Crippen LogP contribution is 2.22. The summed E-state index contributed by atoms with van der Waals surface area (Å²) in [6.45, 7) is 14.9. The Balaban J connectivity index is 3.54. The summed E-state index contributed by atoms with van der Waals surface area (Å²) in [7, 11) is 2.23. The van der Waals surface area contributed by atoms with Gasteiger partial charge in [0.15, 0.2) is 0 Å². The minimum atomic E-state index is 0.372. The smallest absolute Gasteiger partial charge is 0.0113 e. The van der Waals surface area contributed by atoms with Crippen molar-refractivity contribution in [3.05, 3.63) is 0 Å². The summed E-state index contributed by atoms with van der Waals surface area (Å²) in [4.78, 5) is 2.45. The molecule has 1 unspecified atom stereocenters. The molecule has 16 heavy (non-hydrogen) atoms. The van der Waals surface area contributed by atoms with Gasteiger partial charge in [-0.2, -0.15) is 0 Å². The molecular formula is C14H32N2. The van der Waals surface area contributed by atoms with Gasteiger partial charge in [0.1, 0.15) is 0 Å². The third-order valence-corrected chi connectivity index (χ3v) is 3.51. The highest BCUT2D eigenvalue weighted by atomic mass is 15.1. The van der Waals surface area contributed by atoms with Gasteiger partial charge in [0.2, 0.25) is 0 Å². The number of hydrogen-bond acceptors (Lipinski definition) is 2. The lowest BCUT2D eigenvalue weighted by Crippen LogP contribution is -2.42. The second-order valence-electron chi connectivity index (χ2n) is 5.98. The molecule has 1 atom stereocenters. The molecule has 0 amide bonds. The minimum absolute atomic E-state index is 0.372. The molecule has 98 valence electrons. The Morgan fingerprint density at radius 2 is 1.75 bits per heavy atom. The van der Waals surface area contributed by atoms with E-state index in [-0.39, 0.29) is 0 Å². The van der Waals surface area contributed by atoms with E-state index in [9.17, 15) is 0 Å². The maximum Gasteiger partial charge on any atom is 0.0113 e. The standard InChI is InChI=1S/C14H32N2/c1-7-8-9-10-15-11-12-16(6)13(2)14(3,4)5/h13,15H,7-12H2,1-6H3. The maximum atomic E-state index is 3.52. The Bertz CT molecular complexity index is 161. The maximum absolute atomic E-state index is 3.52. The van der Waals surface area contributed by atoms with E-state index >= 15 is 0 Å². The van der Waals surface area contributed by atoms with Crippen LogP contribution in [0.4, 0.5) is 0 Å². The van der Waals surface area contributed by atoms with E-state index in [1.54, 1.807) is 0 Å². The van der Waals surface area contributed by atoms with Gasteiger partial charge < -0.3 is 10.2 Å². The number of nitrogens with one attached hydrogen (secondary N) is 1. The third-order valence-electron chi connectivity index (χ3n) is 3.51. The summed E-state index contributed by atoms with van der Waals surface area (Å²) in [5, 5.41) is 3.52. The van der Waals surface area contributed by atoms with Crippen molar-refractivity contribution in [1.29, 1.82) is 0 Å². The van der Waals surface area contributed by atoms with Gasteiger partial charge >= 0.3 is 0 Å². The zero-order chi connectivity index (χ0) is 12.6. The molecule has 2 heteroatoms. The molecule has 0 spiro atoms. The van der Waals surface area contributed by atoms with Crippen LogP contribution in [-0.2, 0) is 0 Å². The van der Waals surface area contributed by atoms with Gasteiger partial charge in [-0.1, -0.05) is 40.5 Å². The molecule has 0 rings (SSSR count). The Labute approximate surface area is 103 Å². The zero-order valence-electron chi connectivity index (χ0n) is 12.3. The van der Waals surface area contributed by atoms with Gasteiger partial charge in [-0.05, 0) is 32.4 Å². The normalized spacial score (nSPS) is 14.4. The molecular weight excluding hydrogens is 196 g/mol. The number of unbranched alkanes of at least 4 members (excludes halogenated alkanes) is 2. The number of likely N-dealkylation sites (N-methyl/N-ethyl adjacent to an activating group) is 1. The van der Waals surface area contributed by atoms with Crippen LogP contribution in [0.3, 0.4) is 0 Å². The minimum Gasteiger partial charge on any atom is -0.315 e. The predicted octanol–water partition coefficient (Wildman–Crippen LogP) is 3.13. The molecule has 0 aromatic carbocycles. The molecule has 0 saturated carbocycles. The first-order chi connectivity index (χ1) is 7.39. The first kappa shape index (κ1) is 15.9. The van der Waals surface area contributed by atoms with Crippen molar-refractivity contribution in [2.24, 2.45) is 5.41 Å². The molecule has 0 aliphatic carbocycles. The van der Waals surface area contributed by atoms with Crippen LogP contribution in [0.15, 0.2) is 0 Å². The fourth-order valence-corrected chi connectivity index (χ4v) is 1.74. The summed E-state index contributed by atoms with van der Waals surface area (Å²) in [5.74, 6) is 0. The molecule has 0 radical (unpaired) electrons. The molecule has 1 N–H and O–H groups in total. The van der Waals surface area contributed by atoms with E-state index in [1.165, 1.54) is 25.8 Å². The molecule has 0 bridgehead atoms. The summed E-state index contributed by atoms with van der Waals surface area (Å²) in [6.07, 6.45) is 3.97. The van der Waals surface area contributed by atoms with Gasteiger partial charge in [-0.25, -0.2) is 0 Å². The highest BCUT2D eigenvalue weighted by molar-refractivity contribution is 4.77. The first-order valence-corrected chi connectivity index (χ1v) is 6.80. The van der Waals surface area contributed by atoms with Crippen molar-refractivity contribution in [2.45, 2.75) is 59.9 Å². The summed E-state index contributed by atoms with van der Waals surface area (Å²) < 4.78 is 0. The van der Waals surface area contributed by atoms with Gasteiger partial charge in [0.25, 0.3) is 0 Å². The van der Waals surface area contributed by atoms with Crippen LogP contribution in [0, 0.1) is 5.41 Å². The van der Waals surface area contributed by atoms with Crippen LogP contribution in [0.5, 0.6) is 0 Å². The van der Waals surface area contributed by atoms with Gasteiger partial charge in [-0.15, -0.1) is 0 Å². The molecule has 0 aromatic rings. The van der Waals surface area contributed by atoms with E-state index in [0.29, 0.717) is 11.5 Å². The summed E-state index contributed by atoms with van der Waals surface area (Å²) >= 11 is 0. The lowest BCUT2D eigenvalue weighted by Gasteiger charge is -2.35. The van der Waals surface area contributed by atoms with Crippen LogP contribution in [0.2, 0.25) is 0 Å². The van der Waals surface area contributed by atoms with Gasteiger partial charge in [0.05, 0.1) is 0 Å². The van der Waals surface area contributed by atoms with Crippen molar-refractivity contribution >= 4 is 0 Å². The van der Waals surface area contributed by atoms with E-state index in [1.807, 2.05) is 0 Å². The summed E-state index contributed by atoms with van der Waals surface area (Å²) in [5.41, 5.74) is 0.372. The fraction of sp³-hybridized carbons (Fsp3) is 1.00. The number of hydrogen-bond donors (Lipinski definition) is 1. The Kier molecular flexibility index (Phi) is 8.04. The monoisotopic (exact) mass is 228 g/mol. The van der Waals surface area contributed by atoms with Crippen LogP contribution < -0.4 is 5.32 Å². The number of rotatable bonds is 8. The van der Waals surface area contributed by atoms with Crippen molar-refractivity contribution in [3.8, 4) is 0 Å². The fourth-order valence-electron chi connectivity index (χ4n) is 1.74. The summed E-state index contributed by atoms with van der Waals surface area (Å²) in [6, 6.07) is 0.630. The molecule has 0 aliphatic rings. The molecule has 0 aliphatic heterocycles. The third kappa shape index (κ3) is 7.24. The van der Waals surface area contributed by atoms with Crippen molar-refractivity contribution in [2.75, 3.05) is 26.7 Å². The molecule has 0 heterocycles. The van der Waals surface area contributed by atoms with Crippen LogP contribution in [0.1, 0.15) is 53.9 Å². The van der Waals surface area contributed by atoms with Crippen LogP contribution in [-0.4, -0.2) is 37.6 Å². The zero-order valence-corrected chi connectivity index (χ0v) is 12.3. The van der Waals surface area contributed by atoms with Crippen molar-refractivity contribution in [3.63, 3.8) is 0 Å². The Hall–Kier alpha value is -0.0800. The van der Waals surface area contributed by atoms with E-state index in [0.717, 1.165) is 13.1 Å². The predicted molar refractivity (Wildman–Crippen MR) is 73.9 cm³/mol. The van der Waals surface area contributed by atoms with Crippen molar-refractivity contribution < 1.29 is 0 Å². The van der Waals surface area contributed by atoms with Gasteiger partial charge in [0, 0.05) is 19.1 Å². The first-order valence-electron chi connectivity index (χ1n) is 6.80. The quantitative estimate of drug-likeness (QED) is 0.642. The molecule has 0 fully saturated rings. The van der Waals surface area contributed by atoms with Crippen molar-refractivity contribution in [1.82, 2.24) is 10.2 Å². The van der Waals surface area contributed by atoms with E-state index in [4.69, 9.17) is 0 Å².